The molecule has 2 atom stereocenters. The highest BCUT2D eigenvalue weighted by atomic mass is 16.5. The third-order valence-corrected chi connectivity index (χ3v) is 5.06. The molecule has 0 bridgehead atoms. The number of benzene rings is 1. The van der Waals surface area contributed by atoms with Crippen LogP contribution >= 0.6 is 0 Å². The van der Waals surface area contributed by atoms with E-state index in [9.17, 15) is 0 Å². The molecule has 2 unspecified atom stereocenters. The Kier molecular flexibility index (Phi) is 4.13. The first-order chi connectivity index (χ1) is 9.73. The zero-order chi connectivity index (χ0) is 14.0. The highest BCUT2D eigenvalue weighted by Gasteiger charge is 2.45. The van der Waals surface area contributed by atoms with Crippen LogP contribution in [0.2, 0.25) is 0 Å². The molecule has 2 aliphatic rings. The Morgan fingerprint density at radius 1 is 1.35 bits per heavy atom. The molecule has 3 rings (SSSR count). The second kappa shape index (κ2) is 5.87. The molecule has 0 spiro atoms. The van der Waals surface area contributed by atoms with Crippen molar-refractivity contribution < 1.29 is 4.74 Å². The lowest BCUT2D eigenvalue weighted by Crippen LogP contribution is -2.39. The molecule has 110 valence electrons. The van der Waals surface area contributed by atoms with Gasteiger partial charge in [-0.25, -0.2) is 0 Å². The van der Waals surface area contributed by atoms with Gasteiger partial charge in [0.05, 0.1) is 12.7 Å². The van der Waals surface area contributed by atoms with Gasteiger partial charge < -0.3 is 10.1 Å². The Hall–Kier alpha value is -0.860. The summed E-state index contributed by atoms with van der Waals surface area (Å²) in [5.41, 5.74) is 3.41. The summed E-state index contributed by atoms with van der Waals surface area (Å²) in [7, 11) is 0. The van der Waals surface area contributed by atoms with E-state index in [-0.39, 0.29) is 6.10 Å². The zero-order valence-electron chi connectivity index (χ0n) is 12.8. The van der Waals surface area contributed by atoms with E-state index in [2.05, 4.69) is 43.4 Å². The van der Waals surface area contributed by atoms with E-state index >= 15 is 0 Å². The number of nitrogens with one attached hydrogen (secondary N) is 1. The average Bonchev–Trinajstić information content (AvgIpc) is 3.22. The summed E-state index contributed by atoms with van der Waals surface area (Å²) >= 11 is 0. The minimum atomic E-state index is 0.284. The van der Waals surface area contributed by atoms with Crippen LogP contribution in [0.25, 0.3) is 0 Å². The van der Waals surface area contributed by atoms with Gasteiger partial charge in [0.2, 0.25) is 0 Å². The molecule has 1 N–H and O–H groups in total. The highest BCUT2D eigenvalue weighted by molar-refractivity contribution is 5.31. The van der Waals surface area contributed by atoms with E-state index in [4.69, 9.17) is 4.74 Å². The van der Waals surface area contributed by atoms with Crippen molar-refractivity contribution in [1.29, 1.82) is 0 Å². The van der Waals surface area contributed by atoms with E-state index in [1.54, 1.807) is 0 Å². The Balaban J connectivity index is 1.72. The van der Waals surface area contributed by atoms with E-state index < -0.39 is 0 Å². The minimum absolute atomic E-state index is 0.284. The smallest absolute Gasteiger partial charge is 0.0842 e. The van der Waals surface area contributed by atoms with Gasteiger partial charge in [-0.05, 0) is 55.2 Å². The van der Waals surface area contributed by atoms with E-state index in [1.807, 2.05) is 0 Å². The van der Waals surface area contributed by atoms with Gasteiger partial charge in [-0.2, -0.15) is 0 Å². The van der Waals surface area contributed by atoms with Crippen LogP contribution in [-0.2, 0) is 11.2 Å². The Labute approximate surface area is 122 Å². The molecule has 2 nitrogen and oxygen atoms in total. The summed E-state index contributed by atoms with van der Waals surface area (Å²) in [5.74, 6) is 0. The molecule has 0 amide bonds. The molecule has 0 aromatic heterocycles. The summed E-state index contributed by atoms with van der Waals surface area (Å²) in [6, 6.07) is 9.41. The van der Waals surface area contributed by atoms with Crippen LogP contribution in [0.5, 0.6) is 0 Å². The molecule has 1 aromatic carbocycles. The molecule has 1 fully saturated rings. The lowest BCUT2D eigenvalue weighted by Gasteiger charge is -2.32. The van der Waals surface area contributed by atoms with Crippen LogP contribution in [0, 0.1) is 5.41 Å². The second-order valence-electron chi connectivity index (χ2n) is 6.70. The summed E-state index contributed by atoms with van der Waals surface area (Å²) in [5, 5.41) is 3.77. The third kappa shape index (κ3) is 2.91. The molecular weight excluding hydrogens is 246 g/mol. The molecule has 1 aromatic rings. The van der Waals surface area contributed by atoms with Crippen LogP contribution in [0.4, 0.5) is 0 Å². The van der Waals surface area contributed by atoms with Crippen LogP contribution in [0.3, 0.4) is 0 Å². The largest absolute Gasteiger partial charge is 0.373 e. The summed E-state index contributed by atoms with van der Waals surface area (Å²) in [6.45, 7) is 6.66. The first-order valence-corrected chi connectivity index (χ1v) is 8.16. The maximum Gasteiger partial charge on any atom is 0.0842 e. The Morgan fingerprint density at radius 2 is 2.15 bits per heavy atom. The van der Waals surface area contributed by atoms with Gasteiger partial charge in [-0.3, -0.25) is 0 Å². The van der Waals surface area contributed by atoms with Gasteiger partial charge in [-0.15, -0.1) is 0 Å². The number of hydrogen-bond donors (Lipinski definition) is 1. The van der Waals surface area contributed by atoms with Crippen LogP contribution in [-0.4, -0.2) is 19.2 Å². The van der Waals surface area contributed by atoms with Gasteiger partial charge in [0.25, 0.3) is 0 Å². The average molecular weight is 273 g/mol. The van der Waals surface area contributed by atoms with Crippen molar-refractivity contribution in [2.45, 2.75) is 58.1 Å². The van der Waals surface area contributed by atoms with Gasteiger partial charge in [0.15, 0.2) is 0 Å². The number of ether oxygens (including phenoxy) is 1. The first-order valence-electron chi connectivity index (χ1n) is 8.16. The molecule has 1 aliphatic carbocycles. The lowest BCUT2D eigenvalue weighted by atomic mass is 9.88. The fraction of sp³-hybridized carbons (Fsp3) is 0.667. The van der Waals surface area contributed by atoms with Gasteiger partial charge in [0, 0.05) is 6.04 Å². The van der Waals surface area contributed by atoms with E-state index in [0.29, 0.717) is 11.5 Å². The second-order valence-corrected chi connectivity index (χ2v) is 6.70. The molecule has 0 saturated heterocycles. The minimum Gasteiger partial charge on any atom is -0.373 e. The van der Waals surface area contributed by atoms with Crippen molar-refractivity contribution in [2.75, 3.05) is 13.2 Å². The fourth-order valence-corrected chi connectivity index (χ4v) is 3.36. The summed E-state index contributed by atoms with van der Waals surface area (Å²) in [4.78, 5) is 0. The fourth-order valence-electron chi connectivity index (χ4n) is 3.36. The van der Waals surface area contributed by atoms with E-state index in [0.717, 1.165) is 26.0 Å². The summed E-state index contributed by atoms with van der Waals surface area (Å²) < 4.78 is 6.10. The van der Waals surface area contributed by atoms with E-state index in [1.165, 1.54) is 30.4 Å². The molecule has 1 heterocycles. The molecule has 2 heteroatoms. The Bertz CT molecular complexity index is 452. The number of hydrogen-bond acceptors (Lipinski definition) is 2. The van der Waals surface area contributed by atoms with Crippen molar-refractivity contribution in [3.63, 3.8) is 0 Å². The first kappa shape index (κ1) is 14.1. The number of fused-ring (bicyclic) bond motifs is 1. The quantitative estimate of drug-likeness (QED) is 0.850. The predicted molar refractivity (Wildman–Crippen MR) is 82.9 cm³/mol. The van der Waals surface area contributed by atoms with Gasteiger partial charge >= 0.3 is 0 Å². The molecule has 1 saturated carbocycles. The third-order valence-electron chi connectivity index (χ3n) is 5.06. The molecule has 20 heavy (non-hydrogen) atoms. The standard InChI is InChI=1S/C18H27NO/c1-3-11-19-17(18(2)9-10-18)13-16-15-7-5-4-6-14(15)8-12-20-16/h4-7,16-17,19H,3,8-13H2,1-2H3. The molecule has 0 radical (unpaired) electrons. The van der Waals surface area contributed by atoms with Crippen LogP contribution in [0.1, 0.15) is 56.8 Å². The molecule has 1 aliphatic heterocycles. The van der Waals surface area contributed by atoms with Crippen molar-refractivity contribution in [1.82, 2.24) is 5.32 Å². The van der Waals surface area contributed by atoms with Crippen molar-refractivity contribution in [2.24, 2.45) is 5.41 Å². The van der Waals surface area contributed by atoms with Crippen molar-refractivity contribution in [3.05, 3.63) is 35.4 Å². The normalized spacial score (nSPS) is 25.0. The maximum absolute atomic E-state index is 6.10. The zero-order valence-corrected chi connectivity index (χ0v) is 12.8. The maximum atomic E-state index is 6.10. The highest BCUT2D eigenvalue weighted by Crippen LogP contribution is 2.50. The molecular formula is C18H27NO. The van der Waals surface area contributed by atoms with Crippen molar-refractivity contribution in [3.8, 4) is 0 Å². The number of rotatable bonds is 6. The predicted octanol–water partition coefficient (Wildman–Crippen LogP) is 3.86. The van der Waals surface area contributed by atoms with Gasteiger partial charge in [0.1, 0.15) is 0 Å². The summed E-state index contributed by atoms with van der Waals surface area (Å²) in [6.07, 6.45) is 6.40. The topological polar surface area (TPSA) is 21.3 Å². The van der Waals surface area contributed by atoms with Gasteiger partial charge in [-0.1, -0.05) is 38.1 Å². The lowest BCUT2D eigenvalue weighted by molar-refractivity contribution is 0.0237. The van der Waals surface area contributed by atoms with Crippen LogP contribution < -0.4 is 5.32 Å². The Morgan fingerprint density at radius 3 is 2.90 bits per heavy atom. The van der Waals surface area contributed by atoms with Crippen LogP contribution in [0.15, 0.2) is 24.3 Å². The SMILES string of the molecule is CCCNC(CC1OCCc2ccccc21)C1(C)CC1. The van der Waals surface area contributed by atoms with Crippen molar-refractivity contribution >= 4 is 0 Å². The monoisotopic (exact) mass is 273 g/mol.